The van der Waals surface area contributed by atoms with Crippen LogP contribution in [0.1, 0.15) is 22.6 Å². The molecule has 0 spiro atoms. The quantitative estimate of drug-likeness (QED) is 0.290. The lowest BCUT2D eigenvalue weighted by atomic mass is 9.87. The van der Waals surface area contributed by atoms with Crippen LogP contribution in [0.2, 0.25) is 0 Å². The fraction of sp³-hybridized carbons (Fsp3) is 0.0667. The van der Waals surface area contributed by atoms with Crippen LogP contribution in [0.15, 0.2) is 72.8 Å². The van der Waals surface area contributed by atoms with Crippen molar-refractivity contribution in [1.29, 1.82) is 10.5 Å². The number of benzene rings is 4. The summed E-state index contributed by atoms with van der Waals surface area (Å²) in [7, 11) is 0. The second-order valence-corrected chi connectivity index (χ2v) is 8.37. The van der Waals surface area contributed by atoms with Gasteiger partial charge in [-0.3, -0.25) is 4.85 Å². The van der Waals surface area contributed by atoms with Gasteiger partial charge in [0.05, 0.1) is 24.1 Å². The summed E-state index contributed by atoms with van der Waals surface area (Å²) < 4.78 is 28.0. The summed E-state index contributed by atoms with van der Waals surface area (Å²) in [5, 5.41) is 19.6. The van der Waals surface area contributed by atoms with Gasteiger partial charge >= 0.3 is 6.04 Å². The third kappa shape index (κ3) is 3.56. The number of rotatable bonds is 3. The van der Waals surface area contributed by atoms with E-state index in [0.717, 1.165) is 0 Å². The number of nitriles is 2. The molecular formula is C30H14F2N4. The molecule has 1 aliphatic carbocycles. The van der Waals surface area contributed by atoms with Crippen molar-refractivity contribution in [3.8, 4) is 45.5 Å². The van der Waals surface area contributed by atoms with Gasteiger partial charge in [-0.25, -0.2) is 20.2 Å². The Bertz CT molecular complexity index is 1600. The summed E-state index contributed by atoms with van der Waals surface area (Å²) in [6, 6.07) is 21.8. The highest BCUT2D eigenvalue weighted by atomic mass is 19.1. The van der Waals surface area contributed by atoms with Gasteiger partial charge in [0.25, 0.3) is 0 Å². The van der Waals surface area contributed by atoms with Crippen molar-refractivity contribution < 1.29 is 8.78 Å². The first-order chi connectivity index (χ1) is 17.5. The molecule has 4 aromatic rings. The SMILES string of the molecule is [C-]#[N+]c1cc2c(cc1-c1cccc(F)c1)-c1cc(-c3cccc(F)c3)c(C#N)cc1C2C(C#N)[N+]#[C-]. The van der Waals surface area contributed by atoms with Gasteiger partial charge < -0.3 is 0 Å². The molecular weight excluding hydrogens is 454 g/mol. The van der Waals surface area contributed by atoms with E-state index in [4.69, 9.17) is 13.1 Å². The first-order valence-corrected chi connectivity index (χ1v) is 10.9. The fourth-order valence-corrected chi connectivity index (χ4v) is 4.85. The highest BCUT2D eigenvalue weighted by Crippen LogP contribution is 2.52. The predicted molar refractivity (Wildman–Crippen MR) is 131 cm³/mol. The number of halogens is 2. The minimum Gasteiger partial charge on any atom is -0.296 e. The van der Waals surface area contributed by atoms with Crippen molar-refractivity contribution >= 4 is 5.69 Å². The Morgan fingerprint density at radius 3 is 1.86 bits per heavy atom. The first kappa shape index (κ1) is 22.5. The summed E-state index contributed by atoms with van der Waals surface area (Å²) >= 11 is 0. The van der Waals surface area contributed by atoms with Gasteiger partial charge in [-0.15, -0.1) is 0 Å². The number of fused-ring (bicyclic) bond motifs is 3. The van der Waals surface area contributed by atoms with Gasteiger partial charge in [0.15, 0.2) is 11.8 Å². The van der Waals surface area contributed by atoms with E-state index in [1.165, 1.54) is 24.3 Å². The molecule has 0 radical (unpaired) electrons. The molecule has 6 heteroatoms. The highest BCUT2D eigenvalue weighted by molar-refractivity contribution is 5.92. The zero-order valence-corrected chi connectivity index (χ0v) is 18.6. The van der Waals surface area contributed by atoms with E-state index < -0.39 is 23.6 Å². The van der Waals surface area contributed by atoms with E-state index in [9.17, 15) is 19.3 Å². The Labute approximate surface area is 206 Å². The van der Waals surface area contributed by atoms with Crippen molar-refractivity contribution in [1.82, 2.24) is 0 Å². The average molecular weight is 468 g/mol. The lowest BCUT2D eigenvalue weighted by Crippen LogP contribution is -2.12. The van der Waals surface area contributed by atoms with Crippen LogP contribution < -0.4 is 0 Å². The number of hydrogen-bond donors (Lipinski definition) is 0. The van der Waals surface area contributed by atoms with Crippen LogP contribution in [-0.4, -0.2) is 6.04 Å². The van der Waals surface area contributed by atoms with Crippen molar-refractivity contribution in [2.45, 2.75) is 12.0 Å². The first-order valence-electron chi connectivity index (χ1n) is 10.9. The maximum atomic E-state index is 14.0. The van der Waals surface area contributed by atoms with Crippen LogP contribution >= 0.6 is 0 Å². The molecule has 0 aliphatic heterocycles. The Morgan fingerprint density at radius 2 is 1.33 bits per heavy atom. The molecule has 0 amide bonds. The molecule has 5 rings (SSSR count). The molecule has 2 atom stereocenters. The van der Waals surface area contributed by atoms with E-state index in [0.29, 0.717) is 44.5 Å². The normalized spacial score (nSPS) is 13.9. The number of hydrogen-bond acceptors (Lipinski definition) is 2. The molecule has 4 nitrogen and oxygen atoms in total. The smallest absolute Gasteiger partial charge is 0.296 e. The van der Waals surface area contributed by atoms with Crippen molar-refractivity contribution in [2.75, 3.05) is 0 Å². The summed E-state index contributed by atoms with van der Waals surface area (Å²) in [5.41, 5.74) is 5.25. The molecule has 36 heavy (non-hydrogen) atoms. The van der Waals surface area contributed by atoms with Crippen LogP contribution in [0.4, 0.5) is 14.5 Å². The van der Waals surface area contributed by atoms with Gasteiger partial charge in [0, 0.05) is 5.56 Å². The molecule has 0 N–H and O–H groups in total. The van der Waals surface area contributed by atoms with E-state index in [1.54, 1.807) is 48.5 Å². The van der Waals surface area contributed by atoms with E-state index in [-0.39, 0.29) is 11.3 Å². The van der Waals surface area contributed by atoms with Crippen LogP contribution in [-0.2, 0) is 0 Å². The standard InChI is InChI=1S/C30H14F2N4/c1-35-28-14-27-25(13-23(28)18-6-4-8-21(32)10-18)24-12-22(17-5-3-7-20(31)9-17)19(15-33)11-26(24)30(27)29(16-34)36-2/h3-14,29-30H. The molecule has 0 saturated heterocycles. The summed E-state index contributed by atoms with van der Waals surface area (Å²) in [4.78, 5) is 7.15. The molecule has 1 aliphatic rings. The topological polar surface area (TPSA) is 56.3 Å². The molecule has 0 saturated carbocycles. The Morgan fingerprint density at radius 1 is 0.750 bits per heavy atom. The summed E-state index contributed by atoms with van der Waals surface area (Å²) in [6.07, 6.45) is 0. The molecule has 4 aromatic carbocycles. The van der Waals surface area contributed by atoms with Gasteiger partial charge in [0.2, 0.25) is 0 Å². The second-order valence-electron chi connectivity index (χ2n) is 8.37. The summed E-state index contributed by atoms with van der Waals surface area (Å²) in [5.74, 6) is -1.55. The highest BCUT2D eigenvalue weighted by Gasteiger charge is 2.40. The Kier molecular flexibility index (Phi) is 5.50. The minimum absolute atomic E-state index is 0.268. The van der Waals surface area contributed by atoms with Gasteiger partial charge in [0.1, 0.15) is 11.6 Å². The fourth-order valence-electron chi connectivity index (χ4n) is 4.85. The molecule has 0 bridgehead atoms. The molecule has 168 valence electrons. The zero-order chi connectivity index (χ0) is 25.4. The number of nitrogens with zero attached hydrogens (tertiary/aromatic N) is 4. The van der Waals surface area contributed by atoms with E-state index in [2.05, 4.69) is 15.8 Å². The minimum atomic E-state index is -1.07. The molecule has 0 heterocycles. The van der Waals surface area contributed by atoms with Gasteiger partial charge in [-0.1, -0.05) is 36.4 Å². The van der Waals surface area contributed by atoms with Gasteiger partial charge in [-0.05, 0) is 75.3 Å². The van der Waals surface area contributed by atoms with Crippen molar-refractivity contribution in [2.24, 2.45) is 0 Å². The zero-order valence-electron chi connectivity index (χ0n) is 18.6. The molecule has 0 fully saturated rings. The van der Waals surface area contributed by atoms with Crippen LogP contribution in [0.3, 0.4) is 0 Å². The predicted octanol–water partition coefficient (Wildman–Crippen LogP) is 7.65. The third-order valence-electron chi connectivity index (χ3n) is 6.42. The average Bonchev–Trinajstić information content (AvgIpc) is 3.20. The van der Waals surface area contributed by atoms with Gasteiger partial charge in [-0.2, -0.15) is 10.5 Å². The summed E-state index contributed by atoms with van der Waals surface area (Å²) in [6.45, 7) is 15.3. The maximum Gasteiger partial charge on any atom is 0.317 e. The largest absolute Gasteiger partial charge is 0.317 e. The van der Waals surface area contributed by atoms with E-state index in [1.807, 2.05) is 6.07 Å². The lowest BCUT2D eigenvalue weighted by molar-refractivity contribution is 0.628. The molecule has 0 aromatic heterocycles. The van der Waals surface area contributed by atoms with Crippen LogP contribution in [0.5, 0.6) is 0 Å². The van der Waals surface area contributed by atoms with Crippen LogP contribution in [0.25, 0.3) is 43.1 Å². The van der Waals surface area contributed by atoms with E-state index >= 15 is 0 Å². The van der Waals surface area contributed by atoms with Crippen molar-refractivity contribution in [3.05, 3.63) is 124 Å². The van der Waals surface area contributed by atoms with Crippen molar-refractivity contribution in [3.63, 3.8) is 0 Å². The maximum absolute atomic E-state index is 14.0. The third-order valence-corrected chi connectivity index (χ3v) is 6.42. The monoisotopic (exact) mass is 468 g/mol. The Hall–Kier alpha value is -5.30. The second kappa shape index (κ2) is 8.81. The lowest BCUT2D eigenvalue weighted by Gasteiger charge is -2.13. The van der Waals surface area contributed by atoms with Crippen LogP contribution in [0, 0.1) is 47.4 Å². The molecule has 2 unspecified atom stereocenters. The Balaban J connectivity index is 1.84.